The predicted octanol–water partition coefficient (Wildman–Crippen LogP) is 1.87. The van der Waals surface area contributed by atoms with Crippen LogP contribution in [0.4, 0.5) is 0 Å². The van der Waals surface area contributed by atoms with Crippen molar-refractivity contribution in [1.82, 2.24) is 15.2 Å². The number of rotatable bonds is 5. The summed E-state index contributed by atoms with van der Waals surface area (Å²) in [6, 6.07) is 8.74. The molecule has 0 saturated carbocycles. The zero-order chi connectivity index (χ0) is 13.0. The molecule has 2 aromatic rings. The molecule has 0 aliphatic rings. The first-order chi connectivity index (χ1) is 8.69. The standard InChI is InChI=1S/C14H20N4/c1-11-4-3-5-12(8-11)6-7-14(17-15)13-9-16-18(2)10-13/h3-5,8-10,14,17H,6-7,15H2,1-2H3. The monoisotopic (exact) mass is 244 g/mol. The van der Waals surface area contributed by atoms with Crippen molar-refractivity contribution >= 4 is 0 Å². The number of aromatic nitrogens is 2. The van der Waals surface area contributed by atoms with Gasteiger partial charge in [0.2, 0.25) is 0 Å². The smallest absolute Gasteiger partial charge is 0.0538 e. The molecule has 0 aliphatic heterocycles. The first kappa shape index (κ1) is 12.8. The summed E-state index contributed by atoms with van der Waals surface area (Å²) < 4.78 is 1.80. The van der Waals surface area contributed by atoms with Crippen LogP contribution < -0.4 is 11.3 Å². The fraction of sp³-hybridized carbons (Fsp3) is 0.357. The third-order valence-corrected chi connectivity index (χ3v) is 3.13. The van der Waals surface area contributed by atoms with Crippen LogP contribution in [-0.2, 0) is 13.5 Å². The average molecular weight is 244 g/mol. The van der Waals surface area contributed by atoms with Crippen LogP contribution in [0.5, 0.6) is 0 Å². The second-order valence-corrected chi connectivity index (χ2v) is 4.69. The summed E-state index contributed by atoms with van der Waals surface area (Å²) in [7, 11) is 1.91. The van der Waals surface area contributed by atoms with Gasteiger partial charge in [0.1, 0.15) is 0 Å². The topological polar surface area (TPSA) is 55.9 Å². The van der Waals surface area contributed by atoms with Gasteiger partial charge >= 0.3 is 0 Å². The van der Waals surface area contributed by atoms with E-state index in [1.165, 1.54) is 11.1 Å². The number of hydrogen-bond acceptors (Lipinski definition) is 3. The van der Waals surface area contributed by atoms with Crippen molar-refractivity contribution in [3.63, 3.8) is 0 Å². The Kier molecular flexibility index (Phi) is 4.12. The van der Waals surface area contributed by atoms with Crippen molar-refractivity contribution in [2.75, 3.05) is 0 Å². The third kappa shape index (κ3) is 3.18. The molecule has 1 heterocycles. The van der Waals surface area contributed by atoms with Crippen LogP contribution in [0.1, 0.15) is 29.2 Å². The molecule has 4 nitrogen and oxygen atoms in total. The molecule has 1 aromatic carbocycles. The maximum absolute atomic E-state index is 5.62. The number of benzene rings is 1. The molecule has 1 aromatic heterocycles. The van der Waals surface area contributed by atoms with E-state index in [0.717, 1.165) is 18.4 Å². The van der Waals surface area contributed by atoms with Crippen LogP contribution in [0.25, 0.3) is 0 Å². The van der Waals surface area contributed by atoms with Crippen molar-refractivity contribution in [3.8, 4) is 0 Å². The molecular weight excluding hydrogens is 224 g/mol. The first-order valence-electron chi connectivity index (χ1n) is 6.19. The highest BCUT2D eigenvalue weighted by Crippen LogP contribution is 2.18. The highest BCUT2D eigenvalue weighted by molar-refractivity contribution is 5.22. The number of hydrazine groups is 1. The molecule has 0 spiro atoms. The normalized spacial score (nSPS) is 12.6. The Labute approximate surface area is 108 Å². The first-order valence-corrected chi connectivity index (χ1v) is 6.19. The van der Waals surface area contributed by atoms with Crippen molar-refractivity contribution < 1.29 is 0 Å². The Morgan fingerprint density at radius 3 is 2.89 bits per heavy atom. The van der Waals surface area contributed by atoms with Gasteiger partial charge in [-0.2, -0.15) is 5.10 Å². The maximum Gasteiger partial charge on any atom is 0.0538 e. The molecule has 18 heavy (non-hydrogen) atoms. The molecule has 3 N–H and O–H groups in total. The quantitative estimate of drug-likeness (QED) is 0.623. The van der Waals surface area contributed by atoms with Gasteiger partial charge in [-0.1, -0.05) is 29.8 Å². The van der Waals surface area contributed by atoms with Crippen molar-refractivity contribution in [3.05, 3.63) is 53.3 Å². The summed E-state index contributed by atoms with van der Waals surface area (Å²) in [4.78, 5) is 0. The van der Waals surface area contributed by atoms with Crippen molar-refractivity contribution in [2.45, 2.75) is 25.8 Å². The second kappa shape index (κ2) is 5.80. The van der Waals surface area contributed by atoms with Crippen LogP contribution >= 0.6 is 0 Å². The van der Waals surface area contributed by atoms with E-state index in [-0.39, 0.29) is 6.04 Å². The summed E-state index contributed by atoms with van der Waals surface area (Å²) in [5.74, 6) is 5.62. The van der Waals surface area contributed by atoms with Gasteiger partial charge in [-0.15, -0.1) is 0 Å². The number of nitrogens with zero attached hydrogens (tertiary/aromatic N) is 2. The molecule has 0 fully saturated rings. The molecule has 96 valence electrons. The molecular formula is C14H20N4. The molecule has 0 bridgehead atoms. The Balaban J connectivity index is 1.99. The average Bonchev–Trinajstić information content (AvgIpc) is 2.77. The lowest BCUT2D eigenvalue weighted by Crippen LogP contribution is -2.28. The van der Waals surface area contributed by atoms with E-state index < -0.39 is 0 Å². The minimum Gasteiger partial charge on any atom is -0.275 e. The molecule has 0 aliphatic carbocycles. The lowest BCUT2D eigenvalue weighted by molar-refractivity contribution is 0.516. The zero-order valence-corrected chi connectivity index (χ0v) is 10.9. The van der Waals surface area contributed by atoms with E-state index in [1.54, 1.807) is 4.68 Å². The Bertz CT molecular complexity index is 504. The van der Waals surface area contributed by atoms with Gasteiger partial charge in [0, 0.05) is 24.8 Å². The molecule has 0 radical (unpaired) electrons. The summed E-state index contributed by atoms with van der Waals surface area (Å²) >= 11 is 0. The molecule has 1 unspecified atom stereocenters. The van der Waals surface area contributed by atoms with Gasteiger partial charge in [0.25, 0.3) is 0 Å². The number of nitrogens with one attached hydrogen (secondary N) is 1. The van der Waals surface area contributed by atoms with E-state index in [0.29, 0.717) is 0 Å². The summed E-state index contributed by atoms with van der Waals surface area (Å²) in [6.07, 6.45) is 5.83. The van der Waals surface area contributed by atoms with E-state index in [1.807, 2.05) is 19.4 Å². The van der Waals surface area contributed by atoms with Gasteiger partial charge in [0.15, 0.2) is 0 Å². The predicted molar refractivity (Wildman–Crippen MR) is 72.8 cm³/mol. The highest BCUT2D eigenvalue weighted by Gasteiger charge is 2.11. The minimum atomic E-state index is 0.152. The zero-order valence-electron chi connectivity index (χ0n) is 10.9. The fourth-order valence-electron chi connectivity index (χ4n) is 2.14. The molecule has 0 saturated heterocycles. The van der Waals surface area contributed by atoms with E-state index in [4.69, 9.17) is 5.84 Å². The molecule has 4 heteroatoms. The van der Waals surface area contributed by atoms with E-state index >= 15 is 0 Å². The Morgan fingerprint density at radius 2 is 2.28 bits per heavy atom. The molecule has 1 atom stereocenters. The summed E-state index contributed by atoms with van der Waals surface area (Å²) in [5, 5.41) is 4.18. The fourth-order valence-corrected chi connectivity index (χ4v) is 2.14. The SMILES string of the molecule is Cc1cccc(CCC(NN)c2cnn(C)c2)c1. The van der Waals surface area contributed by atoms with Crippen LogP contribution in [0.15, 0.2) is 36.7 Å². The lowest BCUT2D eigenvalue weighted by atomic mass is 10.0. The summed E-state index contributed by atoms with van der Waals surface area (Å²) in [6.45, 7) is 2.11. The lowest BCUT2D eigenvalue weighted by Gasteiger charge is -2.14. The van der Waals surface area contributed by atoms with Crippen LogP contribution in [-0.4, -0.2) is 9.78 Å². The largest absolute Gasteiger partial charge is 0.275 e. The maximum atomic E-state index is 5.62. The molecule has 2 rings (SSSR count). The van der Waals surface area contributed by atoms with Crippen LogP contribution in [0.3, 0.4) is 0 Å². The number of hydrogen-bond donors (Lipinski definition) is 2. The van der Waals surface area contributed by atoms with Crippen molar-refractivity contribution in [2.24, 2.45) is 12.9 Å². The number of aryl methyl sites for hydroxylation is 3. The summed E-state index contributed by atoms with van der Waals surface area (Å²) in [5.41, 5.74) is 6.64. The van der Waals surface area contributed by atoms with Crippen LogP contribution in [0.2, 0.25) is 0 Å². The van der Waals surface area contributed by atoms with Gasteiger partial charge < -0.3 is 0 Å². The second-order valence-electron chi connectivity index (χ2n) is 4.69. The van der Waals surface area contributed by atoms with Gasteiger partial charge in [0.05, 0.1) is 6.20 Å². The Morgan fingerprint density at radius 1 is 1.44 bits per heavy atom. The van der Waals surface area contributed by atoms with Gasteiger partial charge in [-0.05, 0) is 25.3 Å². The van der Waals surface area contributed by atoms with E-state index in [9.17, 15) is 0 Å². The van der Waals surface area contributed by atoms with Gasteiger partial charge in [-0.3, -0.25) is 16.0 Å². The minimum absolute atomic E-state index is 0.152. The molecule has 0 amide bonds. The Hall–Kier alpha value is -1.65. The van der Waals surface area contributed by atoms with Crippen LogP contribution in [0, 0.1) is 6.92 Å². The number of nitrogens with two attached hydrogens (primary N) is 1. The van der Waals surface area contributed by atoms with Gasteiger partial charge in [-0.25, -0.2) is 0 Å². The van der Waals surface area contributed by atoms with Crippen molar-refractivity contribution in [1.29, 1.82) is 0 Å². The van der Waals surface area contributed by atoms with E-state index in [2.05, 4.69) is 41.7 Å². The highest BCUT2D eigenvalue weighted by atomic mass is 15.3. The third-order valence-electron chi connectivity index (χ3n) is 3.13.